The Morgan fingerprint density at radius 2 is 1.85 bits per heavy atom. The molecule has 0 radical (unpaired) electrons. The molecular formula is C28H32ClN3O6S. The number of anilines is 2. The van der Waals surface area contributed by atoms with Crippen molar-refractivity contribution in [1.29, 1.82) is 0 Å². The summed E-state index contributed by atoms with van der Waals surface area (Å²) in [6, 6.07) is 11.4. The van der Waals surface area contributed by atoms with Crippen LogP contribution in [0.4, 0.5) is 11.4 Å². The zero-order valence-corrected chi connectivity index (χ0v) is 23.4. The topological polar surface area (TPSA) is 105 Å². The molecule has 0 bridgehead atoms. The van der Waals surface area contributed by atoms with Gasteiger partial charge in [0.1, 0.15) is 12.4 Å². The van der Waals surface area contributed by atoms with Crippen LogP contribution in [0.5, 0.6) is 5.75 Å². The Balaban J connectivity index is 1.03. The van der Waals surface area contributed by atoms with E-state index in [1.807, 2.05) is 36.4 Å². The first-order chi connectivity index (χ1) is 18.6. The standard InChI is InChI=1S/C28H32ClN3O6S/c1-39(35,36)38-22-16-20(17-22)32-25-6-4-21(14-18(25)2-7-26(32)33)37-13-12-31-10-8-28(9-11-31)23-15-19(29)3-5-24(23)30-27(28)34/h3-6,14-15,20,22H,2,7-13,16-17H2,1H3,(H,30,34)/t20-,22+. The monoisotopic (exact) mass is 573 g/mol. The number of aryl methyl sites for hydroxylation is 1. The lowest BCUT2D eigenvalue weighted by Gasteiger charge is -2.44. The molecule has 1 spiro atoms. The van der Waals surface area contributed by atoms with Crippen molar-refractivity contribution in [2.75, 3.05) is 42.7 Å². The van der Waals surface area contributed by atoms with E-state index in [4.69, 9.17) is 20.5 Å². The second-order valence-corrected chi connectivity index (χ2v) is 13.1. The number of piperidine rings is 1. The number of rotatable bonds is 7. The van der Waals surface area contributed by atoms with Crippen molar-refractivity contribution in [2.45, 2.75) is 56.1 Å². The molecule has 2 aromatic rings. The highest BCUT2D eigenvalue weighted by atomic mass is 35.5. The molecule has 4 aliphatic rings. The van der Waals surface area contributed by atoms with E-state index in [9.17, 15) is 18.0 Å². The smallest absolute Gasteiger partial charge is 0.264 e. The average Bonchev–Trinajstić information content (AvgIpc) is 3.12. The van der Waals surface area contributed by atoms with Crippen molar-refractivity contribution >= 4 is 44.9 Å². The quantitative estimate of drug-likeness (QED) is 0.506. The van der Waals surface area contributed by atoms with Gasteiger partial charge >= 0.3 is 0 Å². The number of fused-ring (bicyclic) bond motifs is 3. The van der Waals surface area contributed by atoms with Crippen LogP contribution < -0.4 is 15.0 Å². The number of hydrogen-bond donors (Lipinski definition) is 1. The number of likely N-dealkylation sites (tertiary alicyclic amines) is 1. The normalized spacial score (nSPS) is 24.2. The minimum absolute atomic E-state index is 0.0533. The molecule has 3 aliphatic heterocycles. The van der Waals surface area contributed by atoms with Crippen molar-refractivity contribution < 1.29 is 26.9 Å². The van der Waals surface area contributed by atoms with Crippen molar-refractivity contribution in [3.63, 3.8) is 0 Å². The fourth-order valence-corrected chi connectivity index (χ4v) is 7.21. The van der Waals surface area contributed by atoms with Crippen LogP contribution in [0.15, 0.2) is 36.4 Å². The fourth-order valence-electron chi connectivity index (χ4n) is 6.39. The maximum Gasteiger partial charge on any atom is 0.264 e. The van der Waals surface area contributed by atoms with E-state index in [2.05, 4.69) is 10.2 Å². The number of amides is 2. The van der Waals surface area contributed by atoms with Gasteiger partial charge in [-0.2, -0.15) is 8.42 Å². The minimum atomic E-state index is -3.50. The first-order valence-electron chi connectivity index (χ1n) is 13.4. The van der Waals surface area contributed by atoms with Crippen molar-refractivity contribution in [1.82, 2.24) is 4.90 Å². The fraction of sp³-hybridized carbons (Fsp3) is 0.500. The van der Waals surface area contributed by atoms with Gasteiger partial charge in [-0.1, -0.05) is 11.6 Å². The van der Waals surface area contributed by atoms with Crippen LogP contribution in [0.1, 0.15) is 43.2 Å². The van der Waals surface area contributed by atoms with Crippen LogP contribution in [-0.2, 0) is 35.7 Å². The number of carbonyl (C=O) groups is 2. The highest BCUT2D eigenvalue weighted by molar-refractivity contribution is 7.86. The van der Waals surface area contributed by atoms with Crippen LogP contribution in [0.2, 0.25) is 5.02 Å². The Bertz CT molecular complexity index is 1420. The van der Waals surface area contributed by atoms with Crippen molar-refractivity contribution in [2.24, 2.45) is 0 Å². The maximum atomic E-state index is 12.9. The first kappa shape index (κ1) is 26.6. The summed E-state index contributed by atoms with van der Waals surface area (Å²) >= 11 is 6.23. The molecule has 0 atom stereocenters. The van der Waals surface area contributed by atoms with E-state index in [-0.39, 0.29) is 24.0 Å². The lowest BCUT2D eigenvalue weighted by molar-refractivity contribution is -0.122. The molecule has 0 aromatic heterocycles. The zero-order valence-electron chi connectivity index (χ0n) is 21.8. The van der Waals surface area contributed by atoms with E-state index in [1.165, 1.54) is 0 Å². The number of halogens is 1. The third-order valence-corrected chi connectivity index (χ3v) is 9.36. The number of carbonyl (C=O) groups excluding carboxylic acids is 2. The van der Waals surface area contributed by atoms with E-state index < -0.39 is 15.5 Å². The molecule has 2 amide bonds. The van der Waals surface area contributed by atoms with Gasteiger partial charge in [0.25, 0.3) is 10.1 Å². The molecule has 1 N–H and O–H groups in total. The molecule has 1 saturated carbocycles. The summed E-state index contributed by atoms with van der Waals surface area (Å²) in [5.41, 5.74) is 3.31. The van der Waals surface area contributed by atoms with Gasteiger partial charge in [-0.15, -0.1) is 0 Å². The summed E-state index contributed by atoms with van der Waals surface area (Å²) in [6.45, 7) is 2.88. The summed E-state index contributed by atoms with van der Waals surface area (Å²) in [4.78, 5) is 29.7. The lowest BCUT2D eigenvalue weighted by atomic mass is 9.73. The third kappa shape index (κ3) is 5.15. The molecule has 2 aromatic carbocycles. The van der Waals surface area contributed by atoms with Gasteiger partial charge in [0.15, 0.2) is 0 Å². The molecule has 11 heteroatoms. The Morgan fingerprint density at radius 3 is 2.59 bits per heavy atom. The summed E-state index contributed by atoms with van der Waals surface area (Å²) in [6.07, 6.45) is 4.25. The Labute approximate surface area is 233 Å². The number of nitrogens with zero attached hydrogens (tertiary/aromatic N) is 2. The number of nitrogens with one attached hydrogen (secondary N) is 1. The highest BCUT2D eigenvalue weighted by Gasteiger charge is 2.48. The van der Waals surface area contributed by atoms with Gasteiger partial charge in [0.2, 0.25) is 11.8 Å². The largest absolute Gasteiger partial charge is 0.492 e. The predicted octanol–water partition coefficient (Wildman–Crippen LogP) is 3.49. The van der Waals surface area contributed by atoms with E-state index in [0.29, 0.717) is 37.3 Å². The van der Waals surface area contributed by atoms with Gasteiger partial charge in [-0.3, -0.25) is 18.7 Å². The van der Waals surface area contributed by atoms with Crippen molar-refractivity contribution in [3.8, 4) is 5.75 Å². The van der Waals surface area contributed by atoms with E-state index in [1.54, 1.807) is 4.90 Å². The van der Waals surface area contributed by atoms with Gasteiger partial charge in [0, 0.05) is 35.4 Å². The minimum Gasteiger partial charge on any atom is -0.492 e. The zero-order chi connectivity index (χ0) is 27.4. The Morgan fingerprint density at radius 1 is 1.08 bits per heavy atom. The molecule has 2 fully saturated rings. The van der Waals surface area contributed by atoms with Gasteiger partial charge in [-0.05, 0) is 92.7 Å². The van der Waals surface area contributed by atoms with Crippen LogP contribution in [0.3, 0.4) is 0 Å². The lowest BCUT2D eigenvalue weighted by Crippen LogP contribution is -2.52. The predicted molar refractivity (Wildman–Crippen MR) is 148 cm³/mol. The maximum absolute atomic E-state index is 12.9. The summed E-state index contributed by atoms with van der Waals surface area (Å²) < 4.78 is 33.9. The van der Waals surface area contributed by atoms with Crippen LogP contribution in [0.25, 0.3) is 0 Å². The summed E-state index contributed by atoms with van der Waals surface area (Å²) in [5.74, 6) is 0.891. The Hall–Kier alpha value is -2.66. The van der Waals surface area contributed by atoms with E-state index in [0.717, 1.165) is 67.0 Å². The molecular weight excluding hydrogens is 542 g/mol. The second kappa shape index (κ2) is 10.1. The molecule has 39 heavy (non-hydrogen) atoms. The van der Waals surface area contributed by atoms with Crippen LogP contribution in [-0.4, -0.2) is 69.8 Å². The van der Waals surface area contributed by atoms with Crippen molar-refractivity contribution in [3.05, 3.63) is 52.5 Å². The first-order valence-corrected chi connectivity index (χ1v) is 15.6. The van der Waals surface area contributed by atoms with Gasteiger partial charge in [0.05, 0.1) is 17.8 Å². The summed E-state index contributed by atoms with van der Waals surface area (Å²) in [5, 5.41) is 3.67. The molecule has 0 unspecified atom stereocenters. The van der Waals surface area contributed by atoms with Crippen LogP contribution in [0, 0.1) is 0 Å². The average molecular weight is 574 g/mol. The van der Waals surface area contributed by atoms with Gasteiger partial charge in [-0.25, -0.2) is 0 Å². The molecule has 1 saturated heterocycles. The molecule has 1 aliphatic carbocycles. The third-order valence-electron chi connectivity index (χ3n) is 8.50. The Kier molecular flexibility index (Phi) is 6.86. The molecule has 9 nitrogen and oxygen atoms in total. The number of ether oxygens (including phenoxy) is 1. The molecule has 208 valence electrons. The van der Waals surface area contributed by atoms with Crippen LogP contribution >= 0.6 is 11.6 Å². The summed E-state index contributed by atoms with van der Waals surface area (Å²) in [7, 11) is -3.50. The SMILES string of the molecule is CS(=O)(=O)O[C@H]1C[C@@H](N2C(=O)CCc3cc(OCCN4CCC5(CC4)C(=O)Nc4ccc(Cl)cc45)ccc32)C1. The molecule has 3 heterocycles. The highest BCUT2D eigenvalue weighted by Crippen LogP contribution is 2.46. The number of hydrogen-bond acceptors (Lipinski definition) is 7. The molecule has 6 rings (SSSR count). The van der Waals surface area contributed by atoms with Gasteiger partial charge < -0.3 is 15.0 Å². The second-order valence-electron chi connectivity index (χ2n) is 11.0. The number of benzene rings is 2. The van der Waals surface area contributed by atoms with E-state index >= 15 is 0 Å².